The Morgan fingerprint density at radius 2 is 0.847 bits per heavy atom. The van der Waals surface area contributed by atoms with Gasteiger partial charge in [-0.15, -0.1) is 11.3 Å². The van der Waals surface area contributed by atoms with Crippen molar-refractivity contribution in [2.45, 2.75) is 5.41 Å². The van der Waals surface area contributed by atoms with Crippen LogP contribution in [0.15, 0.2) is 261 Å². The van der Waals surface area contributed by atoms with E-state index in [4.69, 9.17) is 4.74 Å². The van der Waals surface area contributed by atoms with E-state index >= 15 is 0 Å². The van der Waals surface area contributed by atoms with Gasteiger partial charge < -0.3 is 9.64 Å². The Kier molecular flexibility index (Phi) is 9.08. The normalized spacial score (nSPS) is 12.9. The molecule has 0 saturated carbocycles. The number of rotatable bonds is 6. The van der Waals surface area contributed by atoms with Crippen LogP contribution in [0.25, 0.3) is 86.2 Å². The highest BCUT2D eigenvalue weighted by molar-refractivity contribution is 7.25. The summed E-state index contributed by atoms with van der Waals surface area (Å²) in [6, 6.07) is 95.9. The minimum absolute atomic E-state index is 0.618. The molecule has 1 aromatic heterocycles. The van der Waals surface area contributed by atoms with Crippen LogP contribution in [0.4, 0.5) is 17.1 Å². The molecule has 2 heterocycles. The number of para-hydroxylation sites is 1. The van der Waals surface area contributed by atoms with Crippen LogP contribution >= 0.6 is 11.3 Å². The second kappa shape index (κ2) is 16.0. The molecular weight excluding hydrogens is 891 g/mol. The van der Waals surface area contributed by atoms with Crippen LogP contribution in [0.5, 0.6) is 11.5 Å². The van der Waals surface area contributed by atoms with E-state index in [-0.39, 0.29) is 0 Å². The van der Waals surface area contributed by atoms with E-state index in [0.29, 0.717) is 0 Å². The molecule has 1 spiro atoms. The molecule has 0 fully saturated rings. The van der Waals surface area contributed by atoms with Gasteiger partial charge in [0.15, 0.2) is 0 Å². The zero-order valence-electron chi connectivity index (χ0n) is 39.1. The monoisotopic (exact) mass is 933 g/mol. The quantitative estimate of drug-likeness (QED) is 0.165. The molecule has 0 bridgehead atoms. The van der Waals surface area contributed by atoms with E-state index in [9.17, 15) is 0 Å². The van der Waals surface area contributed by atoms with Gasteiger partial charge in [0.1, 0.15) is 11.5 Å². The minimum Gasteiger partial charge on any atom is -0.455 e. The molecule has 15 rings (SSSR count). The average Bonchev–Trinajstić information content (AvgIpc) is 3.97. The first-order valence-electron chi connectivity index (χ1n) is 24.7. The van der Waals surface area contributed by atoms with Crippen molar-refractivity contribution in [2.75, 3.05) is 4.90 Å². The van der Waals surface area contributed by atoms with Crippen molar-refractivity contribution in [3.05, 3.63) is 283 Å². The maximum absolute atomic E-state index is 7.23. The lowest BCUT2D eigenvalue weighted by molar-refractivity contribution is 0.447. The van der Waals surface area contributed by atoms with Crippen LogP contribution in [-0.4, -0.2) is 0 Å². The maximum Gasteiger partial charge on any atom is 0.140 e. The first-order valence-corrected chi connectivity index (χ1v) is 25.5. The fourth-order valence-electron chi connectivity index (χ4n) is 12.1. The maximum atomic E-state index is 7.23. The molecule has 0 saturated heterocycles. The SMILES string of the molecule is c1ccc(-c2ccccc2N(c2ccc(-c3ccc4c(c3)sc3ccccc34)cc2)c2ccc(-c3cccc4c3-c3ccccc3C43c4ccc5ccccc5c4Oc4c3ccc3ccccc43)cc2)cc1. The van der Waals surface area contributed by atoms with Gasteiger partial charge >= 0.3 is 0 Å². The zero-order valence-corrected chi connectivity index (χ0v) is 39.9. The Balaban J connectivity index is 0.887. The van der Waals surface area contributed by atoms with E-state index in [0.717, 1.165) is 55.7 Å². The van der Waals surface area contributed by atoms with Crippen LogP contribution in [0, 0.1) is 0 Å². The lowest BCUT2D eigenvalue weighted by Gasteiger charge is -2.40. The highest BCUT2D eigenvalue weighted by Crippen LogP contribution is 2.65. The van der Waals surface area contributed by atoms with E-state index in [1.54, 1.807) is 0 Å². The number of ether oxygens (including phenoxy) is 1. The molecule has 1 aliphatic carbocycles. The molecule has 1 aliphatic heterocycles. The molecule has 0 unspecified atom stereocenters. The molecule has 336 valence electrons. The number of benzene rings is 12. The van der Waals surface area contributed by atoms with Gasteiger partial charge in [-0.3, -0.25) is 0 Å². The average molecular weight is 934 g/mol. The molecule has 72 heavy (non-hydrogen) atoms. The molecule has 0 N–H and O–H groups in total. The van der Waals surface area contributed by atoms with Gasteiger partial charge in [-0.05, 0) is 103 Å². The van der Waals surface area contributed by atoms with E-state index < -0.39 is 5.41 Å². The molecular formula is C69H43NOS. The Labute approximate surface area is 421 Å². The lowest BCUT2D eigenvalue weighted by Crippen LogP contribution is -2.32. The summed E-state index contributed by atoms with van der Waals surface area (Å²) in [4.78, 5) is 2.41. The topological polar surface area (TPSA) is 12.5 Å². The van der Waals surface area contributed by atoms with Crippen LogP contribution < -0.4 is 9.64 Å². The van der Waals surface area contributed by atoms with Gasteiger partial charge in [0, 0.05) is 59.0 Å². The predicted octanol–water partition coefficient (Wildman–Crippen LogP) is 19.3. The van der Waals surface area contributed by atoms with Crippen molar-refractivity contribution in [2.24, 2.45) is 0 Å². The summed E-state index contributed by atoms with van der Waals surface area (Å²) in [6.07, 6.45) is 0. The Morgan fingerprint density at radius 3 is 1.57 bits per heavy atom. The molecule has 13 aromatic rings. The van der Waals surface area contributed by atoms with Crippen molar-refractivity contribution in [3.63, 3.8) is 0 Å². The second-order valence-electron chi connectivity index (χ2n) is 19.1. The smallest absolute Gasteiger partial charge is 0.140 e. The third-order valence-corrected chi connectivity index (χ3v) is 16.5. The van der Waals surface area contributed by atoms with Crippen molar-refractivity contribution in [3.8, 4) is 56.0 Å². The van der Waals surface area contributed by atoms with Gasteiger partial charge in [0.25, 0.3) is 0 Å². The van der Waals surface area contributed by atoms with Crippen molar-refractivity contribution in [1.82, 2.24) is 0 Å². The summed E-state index contributed by atoms with van der Waals surface area (Å²) < 4.78 is 9.86. The number of hydrogen-bond donors (Lipinski definition) is 0. The summed E-state index contributed by atoms with van der Waals surface area (Å²) in [5, 5.41) is 7.20. The van der Waals surface area contributed by atoms with Crippen LogP contribution in [0.2, 0.25) is 0 Å². The minimum atomic E-state index is -0.618. The summed E-state index contributed by atoms with van der Waals surface area (Å²) in [5.41, 5.74) is 17.2. The molecule has 0 atom stereocenters. The van der Waals surface area contributed by atoms with Gasteiger partial charge in [0.05, 0.1) is 11.1 Å². The summed E-state index contributed by atoms with van der Waals surface area (Å²) in [6.45, 7) is 0. The second-order valence-corrected chi connectivity index (χ2v) is 20.2. The van der Waals surface area contributed by atoms with Crippen LogP contribution in [0.1, 0.15) is 22.3 Å². The summed E-state index contributed by atoms with van der Waals surface area (Å²) in [7, 11) is 0. The highest BCUT2D eigenvalue weighted by Gasteiger charge is 2.52. The third-order valence-electron chi connectivity index (χ3n) is 15.3. The first-order chi connectivity index (χ1) is 35.7. The summed E-state index contributed by atoms with van der Waals surface area (Å²) >= 11 is 1.86. The van der Waals surface area contributed by atoms with Gasteiger partial charge in [-0.2, -0.15) is 0 Å². The highest BCUT2D eigenvalue weighted by atomic mass is 32.1. The van der Waals surface area contributed by atoms with E-state index in [1.807, 2.05) is 11.3 Å². The number of fused-ring (bicyclic) bond motifs is 16. The first kappa shape index (κ1) is 40.8. The van der Waals surface area contributed by atoms with Crippen molar-refractivity contribution in [1.29, 1.82) is 0 Å². The fourth-order valence-corrected chi connectivity index (χ4v) is 13.3. The van der Waals surface area contributed by atoms with Crippen molar-refractivity contribution < 1.29 is 4.74 Å². The van der Waals surface area contributed by atoms with E-state index in [1.165, 1.54) is 81.4 Å². The Hall–Kier alpha value is -9.02. The fraction of sp³-hybridized carbons (Fsp3) is 0.0145. The number of anilines is 3. The molecule has 12 aromatic carbocycles. The van der Waals surface area contributed by atoms with Crippen molar-refractivity contribution >= 4 is 70.1 Å². The van der Waals surface area contributed by atoms with Crippen LogP contribution in [0.3, 0.4) is 0 Å². The third kappa shape index (κ3) is 6.01. The largest absolute Gasteiger partial charge is 0.455 e. The number of hydrogen-bond acceptors (Lipinski definition) is 3. The number of thiophene rings is 1. The van der Waals surface area contributed by atoms with Gasteiger partial charge in [-0.25, -0.2) is 0 Å². The molecule has 0 amide bonds. The standard InChI is InChI=1S/C69H43NOS/c1-2-15-45(16-3-1)52-19-9-12-27-63(52)70(50-36-29-44(30-37-50)49-33-40-57-56-22-10-13-28-64(56)72-65(57)43-49)51-38-31-48(32-39-51)53-24-14-26-60-66(53)58-23-8-11-25-59(58)69(60)61-41-34-46-17-4-6-20-54(46)67(61)71-68-55-21-7-5-18-47(55)35-42-62(68)69/h1-43H. The van der Waals surface area contributed by atoms with Gasteiger partial charge in [0.2, 0.25) is 0 Å². The lowest BCUT2D eigenvalue weighted by atomic mass is 9.65. The van der Waals surface area contributed by atoms with Crippen LogP contribution in [-0.2, 0) is 5.41 Å². The Morgan fingerprint density at radius 1 is 0.319 bits per heavy atom. The number of nitrogens with zero attached hydrogens (tertiary/aromatic N) is 1. The van der Waals surface area contributed by atoms with Gasteiger partial charge in [-0.1, -0.05) is 218 Å². The molecule has 2 nitrogen and oxygen atoms in total. The molecule has 0 radical (unpaired) electrons. The van der Waals surface area contributed by atoms with E-state index in [2.05, 4.69) is 266 Å². The molecule has 3 heteroatoms. The molecule has 2 aliphatic rings. The Bertz CT molecular complexity index is 4220. The zero-order chi connectivity index (χ0) is 47.3. The summed E-state index contributed by atoms with van der Waals surface area (Å²) in [5.74, 6) is 1.85. The predicted molar refractivity (Wildman–Crippen MR) is 303 cm³/mol.